The van der Waals surface area contributed by atoms with Crippen LogP contribution in [0.3, 0.4) is 0 Å². The van der Waals surface area contributed by atoms with E-state index in [9.17, 15) is 8.42 Å². The highest BCUT2D eigenvalue weighted by molar-refractivity contribution is 7.91. The van der Waals surface area contributed by atoms with E-state index in [0.717, 1.165) is 16.5 Å². The lowest BCUT2D eigenvalue weighted by molar-refractivity contribution is 0.282. The molecular weight excluding hydrogens is 262 g/mol. The van der Waals surface area contributed by atoms with Crippen LogP contribution in [0.2, 0.25) is 0 Å². The molecule has 0 aliphatic heterocycles. The fourth-order valence-corrected chi connectivity index (χ4v) is 2.93. The van der Waals surface area contributed by atoms with E-state index in [0.29, 0.717) is 6.54 Å². The van der Waals surface area contributed by atoms with Crippen molar-refractivity contribution in [2.75, 3.05) is 5.75 Å². The maximum absolute atomic E-state index is 11.8. The molecule has 0 spiro atoms. The molecule has 0 saturated heterocycles. The van der Waals surface area contributed by atoms with Crippen molar-refractivity contribution in [2.45, 2.75) is 32.2 Å². The Kier molecular flexibility index (Phi) is 3.96. The van der Waals surface area contributed by atoms with E-state index in [-0.39, 0.29) is 17.6 Å². The van der Waals surface area contributed by atoms with Gasteiger partial charge in [-0.1, -0.05) is 6.07 Å². The minimum atomic E-state index is -3.02. The average Bonchev–Trinajstić information content (AvgIpc) is 2.78. The van der Waals surface area contributed by atoms with Crippen LogP contribution in [0.15, 0.2) is 30.5 Å². The van der Waals surface area contributed by atoms with Gasteiger partial charge in [0.15, 0.2) is 9.84 Å². The van der Waals surface area contributed by atoms with E-state index in [1.807, 2.05) is 35.0 Å². The lowest BCUT2D eigenvalue weighted by Crippen LogP contribution is -2.20. The summed E-state index contributed by atoms with van der Waals surface area (Å²) < 4.78 is 25.6. The molecule has 4 nitrogen and oxygen atoms in total. The van der Waals surface area contributed by atoms with Gasteiger partial charge in [-0.25, -0.2) is 8.42 Å². The fourth-order valence-electron chi connectivity index (χ4n) is 2.00. The van der Waals surface area contributed by atoms with Gasteiger partial charge in [-0.2, -0.15) is 0 Å². The normalized spacial score (nSPS) is 12.4. The summed E-state index contributed by atoms with van der Waals surface area (Å²) in [6.07, 6.45) is 1.89. The molecule has 1 aromatic carbocycles. The first-order chi connectivity index (χ1) is 8.94. The summed E-state index contributed by atoms with van der Waals surface area (Å²) in [6, 6.07) is 7.64. The highest BCUT2D eigenvalue weighted by Crippen LogP contribution is 2.18. The molecule has 0 atom stereocenters. The van der Waals surface area contributed by atoms with Crippen molar-refractivity contribution in [2.24, 2.45) is 0 Å². The van der Waals surface area contributed by atoms with E-state index < -0.39 is 9.84 Å². The second kappa shape index (κ2) is 5.35. The number of aryl methyl sites for hydroxylation is 1. The van der Waals surface area contributed by atoms with E-state index in [1.165, 1.54) is 0 Å². The zero-order valence-electron chi connectivity index (χ0n) is 11.2. The lowest BCUT2D eigenvalue weighted by Gasteiger charge is -2.09. The maximum Gasteiger partial charge on any atom is 0.154 e. The summed E-state index contributed by atoms with van der Waals surface area (Å²) in [6.45, 7) is 3.89. The zero-order valence-corrected chi connectivity index (χ0v) is 12.0. The maximum atomic E-state index is 11.8. The van der Waals surface area contributed by atoms with Crippen molar-refractivity contribution in [3.8, 4) is 0 Å². The molecule has 0 unspecified atom stereocenters. The molecule has 2 rings (SSSR count). The SMILES string of the molecule is CC(C)S(=O)(=O)CCn1ccc2cc(CO)ccc21. The molecule has 1 aromatic heterocycles. The number of sulfone groups is 1. The number of hydrogen-bond donors (Lipinski definition) is 1. The Hall–Kier alpha value is -1.33. The number of benzene rings is 1. The molecule has 0 aliphatic rings. The first kappa shape index (κ1) is 14.1. The topological polar surface area (TPSA) is 59.3 Å². The Labute approximate surface area is 113 Å². The molecule has 19 heavy (non-hydrogen) atoms. The molecule has 0 fully saturated rings. The van der Waals surface area contributed by atoms with Gasteiger partial charge < -0.3 is 9.67 Å². The van der Waals surface area contributed by atoms with Crippen LogP contribution in [0.25, 0.3) is 10.9 Å². The molecule has 5 heteroatoms. The van der Waals surface area contributed by atoms with Crippen molar-refractivity contribution in [3.63, 3.8) is 0 Å². The lowest BCUT2D eigenvalue weighted by atomic mass is 10.2. The van der Waals surface area contributed by atoms with Gasteiger partial charge in [-0.3, -0.25) is 0 Å². The number of aliphatic hydroxyl groups is 1. The molecule has 1 N–H and O–H groups in total. The highest BCUT2D eigenvalue weighted by atomic mass is 32.2. The smallest absolute Gasteiger partial charge is 0.154 e. The van der Waals surface area contributed by atoms with Crippen LogP contribution in [-0.4, -0.2) is 29.1 Å². The molecule has 0 amide bonds. The van der Waals surface area contributed by atoms with Gasteiger partial charge in [0.05, 0.1) is 17.6 Å². The summed E-state index contributed by atoms with van der Waals surface area (Å²) in [5.74, 6) is 0.149. The van der Waals surface area contributed by atoms with Gasteiger partial charge >= 0.3 is 0 Å². The zero-order chi connectivity index (χ0) is 14.0. The molecule has 2 aromatic rings. The standard InChI is InChI=1S/C14H19NO3S/c1-11(2)19(17,18)8-7-15-6-5-13-9-12(10-16)3-4-14(13)15/h3-6,9,11,16H,7-8,10H2,1-2H3. The van der Waals surface area contributed by atoms with E-state index >= 15 is 0 Å². The molecule has 1 heterocycles. The largest absolute Gasteiger partial charge is 0.392 e. The van der Waals surface area contributed by atoms with Gasteiger partial charge in [0.25, 0.3) is 0 Å². The monoisotopic (exact) mass is 281 g/mol. The van der Waals surface area contributed by atoms with Crippen molar-refractivity contribution in [1.29, 1.82) is 0 Å². The van der Waals surface area contributed by atoms with Gasteiger partial charge in [0, 0.05) is 18.3 Å². The van der Waals surface area contributed by atoms with Crippen molar-refractivity contribution < 1.29 is 13.5 Å². The molecular formula is C14H19NO3S. The van der Waals surface area contributed by atoms with Crippen molar-refractivity contribution in [3.05, 3.63) is 36.0 Å². The molecule has 0 radical (unpaired) electrons. The Morgan fingerprint density at radius 1 is 1.26 bits per heavy atom. The third kappa shape index (κ3) is 2.98. The Morgan fingerprint density at radius 2 is 2.00 bits per heavy atom. The Bertz CT molecular complexity index is 671. The predicted molar refractivity (Wildman–Crippen MR) is 76.8 cm³/mol. The minimum Gasteiger partial charge on any atom is -0.392 e. The van der Waals surface area contributed by atoms with E-state index in [2.05, 4.69) is 0 Å². The van der Waals surface area contributed by atoms with Crippen LogP contribution in [0, 0.1) is 0 Å². The van der Waals surface area contributed by atoms with Gasteiger partial charge in [0.2, 0.25) is 0 Å². The first-order valence-electron chi connectivity index (χ1n) is 6.34. The number of aromatic nitrogens is 1. The molecule has 0 bridgehead atoms. The van der Waals surface area contributed by atoms with Crippen LogP contribution in [0.1, 0.15) is 19.4 Å². The van der Waals surface area contributed by atoms with E-state index in [4.69, 9.17) is 5.11 Å². The summed E-state index contributed by atoms with van der Waals surface area (Å²) in [7, 11) is -3.02. The quantitative estimate of drug-likeness (QED) is 0.911. The summed E-state index contributed by atoms with van der Waals surface area (Å²) in [4.78, 5) is 0. The second-order valence-electron chi connectivity index (χ2n) is 4.98. The summed E-state index contributed by atoms with van der Waals surface area (Å²) >= 11 is 0. The first-order valence-corrected chi connectivity index (χ1v) is 8.06. The van der Waals surface area contributed by atoms with Crippen molar-refractivity contribution >= 4 is 20.7 Å². The van der Waals surface area contributed by atoms with Gasteiger partial charge in [-0.05, 0) is 43.0 Å². The number of hydrogen-bond acceptors (Lipinski definition) is 3. The van der Waals surface area contributed by atoms with Gasteiger partial charge in [0.1, 0.15) is 0 Å². The number of nitrogens with zero attached hydrogens (tertiary/aromatic N) is 1. The Morgan fingerprint density at radius 3 is 2.63 bits per heavy atom. The van der Waals surface area contributed by atoms with Crippen LogP contribution in [0.5, 0.6) is 0 Å². The molecule has 0 saturated carbocycles. The second-order valence-corrected chi connectivity index (χ2v) is 7.65. The number of fused-ring (bicyclic) bond motifs is 1. The summed E-state index contributed by atoms with van der Waals surface area (Å²) in [5.41, 5.74) is 1.86. The van der Waals surface area contributed by atoms with Crippen LogP contribution in [-0.2, 0) is 23.0 Å². The van der Waals surface area contributed by atoms with E-state index in [1.54, 1.807) is 13.8 Å². The average molecular weight is 281 g/mol. The third-order valence-electron chi connectivity index (χ3n) is 3.35. The molecule has 104 valence electrons. The number of rotatable bonds is 5. The third-order valence-corrected chi connectivity index (χ3v) is 5.54. The number of aliphatic hydroxyl groups excluding tert-OH is 1. The van der Waals surface area contributed by atoms with Gasteiger partial charge in [-0.15, -0.1) is 0 Å². The van der Waals surface area contributed by atoms with Crippen molar-refractivity contribution in [1.82, 2.24) is 4.57 Å². The minimum absolute atomic E-state index is 0.0167. The summed E-state index contributed by atoms with van der Waals surface area (Å²) in [5, 5.41) is 9.77. The van der Waals surface area contributed by atoms with Crippen LogP contribution in [0.4, 0.5) is 0 Å². The fraction of sp³-hybridized carbons (Fsp3) is 0.429. The van der Waals surface area contributed by atoms with Crippen LogP contribution < -0.4 is 0 Å². The Balaban J connectivity index is 2.23. The highest BCUT2D eigenvalue weighted by Gasteiger charge is 2.16. The predicted octanol–water partition coefficient (Wildman–Crippen LogP) is 1.96. The van der Waals surface area contributed by atoms with Crippen LogP contribution >= 0.6 is 0 Å². The molecule has 0 aliphatic carbocycles.